The van der Waals surface area contributed by atoms with Crippen molar-refractivity contribution in [3.8, 4) is 0 Å². The van der Waals surface area contributed by atoms with Gasteiger partial charge in [0.15, 0.2) is 5.82 Å². The number of benzene rings is 1. The van der Waals surface area contributed by atoms with E-state index in [1.807, 2.05) is 25.3 Å². The Morgan fingerprint density at radius 3 is 3.00 bits per heavy atom. The van der Waals surface area contributed by atoms with Crippen molar-refractivity contribution in [3.05, 3.63) is 57.8 Å². The molecular weight excluding hydrogens is 380 g/mol. The molecule has 2 aromatic heterocycles. The number of carbonyl (C=O) groups excluding carboxylic acids is 1. The number of amides is 1. The van der Waals surface area contributed by atoms with E-state index >= 15 is 0 Å². The number of hydrogen-bond acceptors (Lipinski definition) is 5. The lowest BCUT2D eigenvalue weighted by molar-refractivity contribution is -0.121. The van der Waals surface area contributed by atoms with Crippen molar-refractivity contribution >= 4 is 22.6 Å². The van der Waals surface area contributed by atoms with Crippen LogP contribution in [0, 0.1) is 13.8 Å². The molecule has 0 unspecified atom stereocenters. The Labute approximate surface area is 175 Å². The molecule has 0 saturated carbocycles. The van der Waals surface area contributed by atoms with E-state index in [1.54, 1.807) is 13.1 Å². The van der Waals surface area contributed by atoms with Crippen LogP contribution in [0.4, 0.5) is 5.82 Å². The predicted octanol–water partition coefficient (Wildman–Crippen LogP) is 1.82. The Kier molecular flexibility index (Phi) is 5.85. The van der Waals surface area contributed by atoms with Crippen molar-refractivity contribution in [1.29, 1.82) is 0 Å². The normalized spacial score (nSPS) is 16.1. The zero-order chi connectivity index (χ0) is 21.1. The van der Waals surface area contributed by atoms with Gasteiger partial charge in [0, 0.05) is 48.1 Å². The van der Waals surface area contributed by atoms with Crippen LogP contribution in [0.1, 0.15) is 29.7 Å². The first-order valence-electron chi connectivity index (χ1n) is 10.4. The average Bonchev–Trinajstić information content (AvgIpc) is 3.39. The highest BCUT2D eigenvalue weighted by molar-refractivity contribution is 5.83. The fraction of sp³-hybridized carbons (Fsp3) is 0.409. The summed E-state index contributed by atoms with van der Waals surface area (Å²) in [6.45, 7) is 5.87. The summed E-state index contributed by atoms with van der Waals surface area (Å²) in [6.07, 6.45) is 5.83. The van der Waals surface area contributed by atoms with Crippen molar-refractivity contribution in [2.45, 2.75) is 45.8 Å². The molecule has 0 spiro atoms. The van der Waals surface area contributed by atoms with E-state index in [0.717, 1.165) is 35.9 Å². The molecule has 4 N–H and O–H groups in total. The standard InChI is InChI=1S/C22H28N6O2/c1-14-9-24-19-6-5-16(8-18(14)19)11-25-20(29)13-28-15(2)10-26-21(22(28)30)27-12-17-4-3-7-23-17/h5-6,8-10,17,23-24H,3-4,7,11-13H2,1-2H3,(H,25,29)(H,26,27)/t17-/m0/s1. The molecule has 158 valence electrons. The molecule has 1 aliphatic rings. The summed E-state index contributed by atoms with van der Waals surface area (Å²) < 4.78 is 1.46. The van der Waals surface area contributed by atoms with Crippen molar-refractivity contribution in [3.63, 3.8) is 0 Å². The number of nitrogens with one attached hydrogen (secondary N) is 4. The number of aromatic nitrogens is 3. The molecule has 8 nitrogen and oxygen atoms in total. The van der Waals surface area contributed by atoms with E-state index < -0.39 is 0 Å². The molecule has 0 bridgehead atoms. The number of carbonyl (C=O) groups is 1. The second kappa shape index (κ2) is 8.71. The quantitative estimate of drug-likeness (QED) is 0.477. The van der Waals surface area contributed by atoms with Crippen molar-refractivity contribution in [2.24, 2.45) is 0 Å². The Morgan fingerprint density at radius 1 is 1.33 bits per heavy atom. The van der Waals surface area contributed by atoms with Gasteiger partial charge in [0.25, 0.3) is 5.56 Å². The molecule has 0 aliphatic carbocycles. The summed E-state index contributed by atoms with van der Waals surface area (Å²) >= 11 is 0. The molecule has 3 aromatic rings. The second-order valence-corrected chi connectivity index (χ2v) is 7.94. The Hall–Kier alpha value is -3.13. The summed E-state index contributed by atoms with van der Waals surface area (Å²) in [7, 11) is 0. The van der Waals surface area contributed by atoms with E-state index in [9.17, 15) is 9.59 Å². The fourth-order valence-corrected chi connectivity index (χ4v) is 3.86. The van der Waals surface area contributed by atoms with Gasteiger partial charge in [-0.25, -0.2) is 4.98 Å². The number of hydrogen-bond donors (Lipinski definition) is 4. The molecule has 30 heavy (non-hydrogen) atoms. The van der Waals surface area contributed by atoms with Crippen LogP contribution < -0.4 is 21.5 Å². The fourth-order valence-electron chi connectivity index (χ4n) is 3.86. The number of fused-ring (bicyclic) bond motifs is 1. The Balaban J connectivity index is 1.39. The third kappa shape index (κ3) is 4.38. The first kappa shape index (κ1) is 20.2. The summed E-state index contributed by atoms with van der Waals surface area (Å²) in [5, 5.41) is 10.6. The minimum absolute atomic E-state index is 0.0328. The maximum absolute atomic E-state index is 12.8. The van der Waals surface area contributed by atoms with Crippen molar-refractivity contribution in [1.82, 2.24) is 25.2 Å². The molecule has 3 heterocycles. The number of H-pyrrole nitrogens is 1. The molecule has 8 heteroatoms. The highest BCUT2D eigenvalue weighted by Crippen LogP contribution is 2.18. The van der Waals surface area contributed by atoms with Gasteiger partial charge in [-0.3, -0.25) is 14.2 Å². The molecule has 0 radical (unpaired) electrons. The van der Waals surface area contributed by atoms with Crippen LogP contribution in [0.2, 0.25) is 0 Å². The number of anilines is 1. The van der Waals surface area contributed by atoms with Gasteiger partial charge >= 0.3 is 0 Å². The van der Waals surface area contributed by atoms with E-state index in [0.29, 0.717) is 24.8 Å². The van der Waals surface area contributed by atoms with Gasteiger partial charge in [0.1, 0.15) is 6.54 Å². The SMILES string of the molecule is Cc1c[nH]c2ccc(CNC(=O)Cn3c(C)cnc(NC[C@@H]4CCCN4)c3=O)cc12. The van der Waals surface area contributed by atoms with Crippen LogP contribution in [0.15, 0.2) is 35.4 Å². The van der Waals surface area contributed by atoms with Crippen LogP contribution in [0.3, 0.4) is 0 Å². The van der Waals surface area contributed by atoms with Crippen LogP contribution in [0.5, 0.6) is 0 Å². The first-order valence-corrected chi connectivity index (χ1v) is 10.4. The Bertz CT molecular complexity index is 1110. The van der Waals surface area contributed by atoms with Gasteiger partial charge in [-0.05, 0) is 56.5 Å². The molecule has 1 amide bonds. The highest BCUT2D eigenvalue weighted by atomic mass is 16.2. The van der Waals surface area contributed by atoms with Gasteiger partial charge in [0.05, 0.1) is 0 Å². The van der Waals surface area contributed by atoms with E-state index in [1.165, 1.54) is 10.1 Å². The van der Waals surface area contributed by atoms with Crippen LogP contribution in [-0.4, -0.2) is 39.6 Å². The third-order valence-corrected chi connectivity index (χ3v) is 5.68. The van der Waals surface area contributed by atoms with Gasteiger partial charge in [0.2, 0.25) is 5.91 Å². The average molecular weight is 409 g/mol. The molecule has 4 rings (SSSR count). The maximum Gasteiger partial charge on any atom is 0.293 e. The van der Waals surface area contributed by atoms with Crippen molar-refractivity contribution in [2.75, 3.05) is 18.4 Å². The van der Waals surface area contributed by atoms with Gasteiger partial charge in [-0.1, -0.05) is 6.07 Å². The lowest BCUT2D eigenvalue weighted by Crippen LogP contribution is -2.36. The first-order chi connectivity index (χ1) is 14.5. The minimum Gasteiger partial charge on any atom is -0.364 e. The molecule has 1 aromatic carbocycles. The van der Waals surface area contributed by atoms with Gasteiger partial charge in [-0.15, -0.1) is 0 Å². The number of aryl methyl sites for hydroxylation is 2. The zero-order valence-corrected chi connectivity index (χ0v) is 17.4. The van der Waals surface area contributed by atoms with E-state index in [-0.39, 0.29) is 23.8 Å². The summed E-state index contributed by atoms with van der Waals surface area (Å²) in [5.74, 6) is 0.0798. The minimum atomic E-state index is -0.271. The molecule has 1 fully saturated rings. The van der Waals surface area contributed by atoms with Crippen LogP contribution >= 0.6 is 0 Å². The molecule has 1 aliphatic heterocycles. The largest absolute Gasteiger partial charge is 0.364 e. The number of rotatable bonds is 7. The zero-order valence-electron chi connectivity index (χ0n) is 17.4. The Morgan fingerprint density at radius 2 is 2.20 bits per heavy atom. The summed E-state index contributed by atoms with van der Waals surface area (Å²) in [5.41, 5.74) is 3.65. The molecule has 1 saturated heterocycles. The maximum atomic E-state index is 12.8. The van der Waals surface area contributed by atoms with E-state index in [4.69, 9.17) is 0 Å². The van der Waals surface area contributed by atoms with Crippen LogP contribution in [0.25, 0.3) is 10.9 Å². The summed E-state index contributed by atoms with van der Waals surface area (Å²) in [4.78, 5) is 32.8. The van der Waals surface area contributed by atoms with Gasteiger partial charge < -0.3 is 20.9 Å². The lowest BCUT2D eigenvalue weighted by Gasteiger charge is -2.14. The van der Waals surface area contributed by atoms with E-state index in [2.05, 4.69) is 32.0 Å². The third-order valence-electron chi connectivity index (χ3n) is 5.68. The second-order valence-electron chi connectivity index (χ2n) is 7.94. The highest BCUT2D eigenvalue weighted by Gasteiger charge is 2.16. The topological polar surface area (TPSA) is 104 Å². The smallest absolute Gasteiger partial charge is 0.293 e. The lowest BCUT2D eigenvalue weighted by atomic mass is 10.1. The van der Waals surface area contributed by atoms with Gasteiger partial charge in [-0.2, -0.15) is 0 Å². The van der Waals surface area contributed by atoms with Crippen molar-refractivity contribution < 1.29 is 4.79 Å². The number of nitrogens with zero attached hydrogens (tertiary/aromatic N) is 2. The number of aromatic amines is 1. The molecular formula is C22H28N6O2. The van der Waals surface area contributed by atoms with Crippen LogP contribution in [-0.2, 0) is 17.9 Å². The predicted molar refractivity (Wildman–Crippen MR) is 118 cm³/mol. The molecule has 1 atom stereocenters. The monoisotopic (exact) mass is 408 g/mol. The summed E-state index contributed by atoms with van der Waals surface area (Å²) in [6, 6.07) is 6.43.